The van der Waals surface area contributed by atoms with Crippen molar-refractivity contribution in [3.63, 3.8) is 0 Å². The van der Waals surface area contributed by atoms with Crippen LogP contribution in [0.5, 0.6) is 0 Å². The molecule has 0 unspecified atom stereocenters. The van der Waals surface area contributed by atoms with Gasteiger partial charge in [-0.3, -0.25) is 19.1 Å². The fourth-order valence-corrected chi connectivity index (χ4v) is 3.67. The van der Waals surface area contributed by atoms with E-state index in [9.17, 15) is 18.8 Å². The fourth-order valence-electron chi connectivity index (χ4n) is 2.68. The minimum atomic E-state index is -0.572. The van der Waals surface area contributed by atoms with E-state index in [-0.39, 0.29) is 23.8 Å². The zero-order valence-electron chi connectivity index (χ0n) is 17.8. The SMILES string of the molecule is CC.CNC(=O)c1ccc(Cl)s1.O=C1OCCN1c1ccc(-n2ccccc2=O)cc1F. The summed E-state index contributed by atoms with van der Waals surface area (Å²) in [4.78, 5) is 35.8. The molecule has 1 N–H and O–H groups in total. The molecule has 0 spiro atoms. The topological polar surface area (TPSA) is 80.6 Å². The molecular formula is C22H23ClFN3O4S. The number of halogens is 2. The Bertz CT molecular complexity index is 1130. The van der Waals surface area contributed by atoms with Gasteiger partial charge < -0.3 is 10.1 Å². The Morgan fingerprint density at radius 2 is 1.91 bits per heavy atom. The minimum Gasteiger partial charge on any atom is -0.447 e. The first-order chi connectivity index (χ1) is 15.4. The molecule has 170 valence electrons. The van der Waals surface area contributed by atoms with Crippen LogP contribution < -0.4 is 15.8 Å². The maximum absolute atomic E-state index is 14.1. The molecule has 1 fully saturated rings. The number of thiophene rings is 1. The van der Waals surface area contributed by atoms with Gasteiger partial charge in [-0.05, 0) is 30.3 Å². The Hall–Kier alpha value is -3.17. The van der Waals surface area contributed by atoms with Gasteiger partial charge in [-0.15, -0.1) is 11.3 Å². The van der Waals surface area contributed by atoms with Gasteiger partial charge in [0.05, 0.1) is 27.1 Å². The Labute approximate surface area is 194 Å². The van der Waals surface area contributed by atoms with Crippen LogP contribution in [0.1, 0.15) is 23.5 Å². The van der Waals surface area contributed by atoms with Crippen LogP contribution in [0.25, 0.3) is 5.69 Å². The average molecular weight is 480 g/mol. The number of rotatable bonds is 3. The predicted molar refractivity (Wildman–Crippen MR) is 125 cm³/mol. The van der Waals surface area contributed by atoms with Crippen molar-refractivity contribution in [3.8, 4) is 5.69 Å². The summed E-state index contributed by atoms with van der Waals surface area (Å²) < 4.78 is 20.9. The van der Waals surface area contributed by atoms with Crippen LogP contribution in [0.2, 0.25) is 4.34 Å². The fraction of sp³-hybridized carbons (Fsp3) is 0.227. The second-order valence-corrected chi connectivity index (χ2v) is 7.71. The largest absolute Gasteiger partial charge is 0.447 e. The van der Waals surface area contributed by atoms with Crippen LogP contribution in [-0.2, 0) is 4.74 Å². The van der Waals surface area contributed by atoms with Crippen LogP contribution in [0.15, 0.2) is 59.5 Å². The summed E-state index contributed by atoms with van der Waals surface area (Å²) in [7, 11) is 1.59. The highest BCUT2D eigenvalue weighted by Crippen LogP contribution is 2.24. The Kier molecular flexibility index (Phi) is 9.42. The molecule has 1 saturated heterocycles. The lowest BCUT2D eigenvalue weighted by atomic mass is 10.2. The predicted octanol–water partition coefficient (Wildman–Crippen LogP) is 4.72. The number of anilines is 1. The Balaban J connectivity index is 0.000000255. The molecule has 10 heteroatoms. The zero-order chi connectivity index (χ0) is 23.7. The molecule has 2 amide bonds. The van der Waals surface area contributed by atoms with Crippen molar-refractivity contribution in [3.05, 3.63) is 80.1 Å². The molecule has 32 heavy (non-hydrogen) atoms. The summed E-state index contributed by atoms with van der Waals surface area (Å²) in [6.07, 6.45) is 0.995. The first-order valence-electron chi connectivity index (χ1n) is 9.80. The lowest BCUT2D eigenvalue weighted by Crippen LogP contribution is -2.24. The third-order valence-corrected chi connectivity index (χ3v) is 5.34. The third kappa shape index (κ3) is 6.18. The first kappa shape index (κ1) is 25.1. The maximum Gasteiger partial charge on any atom is 0.414 e. The molecule has 4 rings (SSSR count). The van der Waals surface area contributed by atoms with Crippen molar-refractivity contribution >= 4 is 40.6 Å². The van der Waals surface area contributed by atoms with E-state index in [4.69, 9.17) is 16.3 Å². The normalized spacial score (nSPS) is 12.2. The molecule has 0 aliphatic carbocycles. The van der Waals surface area contributed by atoms with E-state index in [1.165, 1.54) is 39.0 Å². The minimum absolute atomic E-state index is 0.0862. The van der Waals surface area contributed by atoms with Crippen molar-refractivity contribution in [1.29, 1.82) is 0 Å². The highest BCUT2D eigenvalue weighted by molar-refractivity contribution is 7.17. The molecule has 0 atom stereocenters. The van der Waals surface area contributed by atoms with E-state index in [1.807, 2.05) is 13.8 Å². The third-order valence-electron chi connectivity index (χ3n) is 4.11. The van der Waals surface area contributed by atoms with Crippen LogP contribution in [0.4, 0.5) is 14.9 Å². The first-order valence-corrected chi connectivity index (χ1v) is 11.0. The number of hydrogen-bond acceptors (Lipinski definition) is 5. The lowest BCUT2D eigenvalue weighted by Gasteiger charge is -2.14. The number of nitrogens with one attached hydrogen (secondary N) is 1. The van der Waals surface area contributed by atoms with Gasteiger partial charge in [0.1, 0.15) is 12.4 Å². The number of nitrogens with zero attached hydrogens (tertiary/aromatic N) is 2. The van der Waals surface area contributed by atoms with Crippen molar-refractivity contribution in [2.45, 2.75) is 13.8 Å². The highest BCUT2D eigenvalue weighted by Gasteiger charge is 2.26. The molecular weight excluding hydrogens is 457 g/mol. The molecule has 3 heterocycles. The van der Waals surface area contributed by atoms with E-state index >= 15 is 0 Å². The van der Waals surface area contributed by atoms with E-state index in [1.54, 1.807) is 43.6 Å². The molecule has 1 aliphatic heterocycles. The van der Waals surface area contributed by atoms with Gasteiger partial charge in [0.2, 0.25) is 0 Å². The average Bonchev–Trinajstić information content (AvgIpc) is 3.43. The molecule has 3 aromatic rings. The second kappa shape index (κ2) is 12.0. The van der Waals surface area contributed by atoms with Crippen LogP contribution in [0.3, 0.4) is 0 Å². The second-order valence-electron chi connectivity index (χ2n) is 5.99. The standard InChI is InChI=1S/C14H11FN2O3.C6H6ClNOS.C2H6/c15-11-9-10(16-6-2-1-3-13(16)18)4-5-12(11)17-7-8-20-14(17)19;1-8-6(9)4-2-3-5(7)10-4;1-2/h1-6,9H,7-8H2;2-3H,1H3,(H,8,9);1-2H3. The summed E-state index contributed by atoms with van der Waals surface area (Å²) in [5.41, 5.74) is 0.310. The lowest BCUT2D eigenvalue weighted by molar-refractivity contribution is 0.0967. The van der Waals surface area contributed by atoms with Gasteiger partial charge in [0, 0.05) is 25.4 Å². The maximum atomic E-state index is 14.1. The van der Waals surface area contributed by atoms with Crippen molar-refractivity contribution in [2.75, 3.05) is 25.1 Å². The van der Waals surface area contributed by atoms with Crippen molar-refractivity contribution in [2.24, 2.45) is 0 Å². The van der Waals surface area contributed by atoms with E-state index in [2.05, 4.69) is 5.32 Å². The number of hydrogen-bond donors (Lipinski definition) is 1. The van der Waals surface area contributed by atoms with Gasteiger partial charge in [-0.2, -0.15) is 0 Å². The number of ether oxygens (including phenoxy) is 1. The molecule has 1 aliphatic rings. The summed E-state index contributed by atoms with van der Waals surface area (Å²) >= 11 is 6.87. The number of pyridine rings is 1. The van der Waals surface area contributed by atoms with E-state index < -0.39 is 11.9 Å². The molecule has 7 nitrogen and oxygen atoms in total. The van der Waals surface area contributed by atoms with E-state index in [0.29, 0.717) is 21.4 Å². The number of carbonyl (C=O) groups is 2. The zero-order valence-corrected chi connectivity index (χ0v) is 19.4. The molecule has 0 saturated carbocycles. The van der Waals surface area contributed by atoms with Gasteiger partial charge in [-0.1, -0.05) is 31.5 Å². The van der Waals surface area contributed by atoms with Crippen molar-refractivity contribution < 1.29 is 18.7 Å². The van der Waals surface area contributed by atoms with Gasteiger partial charge in [0.15, 0.2) is 0 Å². The van der Waals surface area contributed by atoms with E-state index in [0.717, 1.165) is 0 Å². The smallest absolute Gasteiger partial charge is 0.414 e. The molecule has 0 bridgehead atoms. The summed E-state index contributed by atoms with van der Waals surface area (Å²) in [6.45, 7) is 4.57. The number of benzene rings is 1. The van der Waals surface area contributed by atoms with Gasteiger partial charge in [-0.25, -0.2) is 9.18 Å². The molecule has 1 aromatic carbocycles. The molecule has 2 aromatic heterocycles. The van der Waals surface area contributed by atoms with Gasteiger partial charge in [0.25, 0.3) is 11.5 Å². The Morgan fingerprint density at radius 3 is 2.44 bits per heavy atom. The number of aromatic nitrogens is 1. The summed E-state index contributed by atoms with van der Waals surface area (Å²) in [5, 5.41) is 2.51. The summed E-state index contributed by atoms with van der Waals surface area (Å²) in [6, 6.07) is 12.4. The number of carbonyl (C=O) groups excluding carboxylic acids is 2. The molecule has 0 radical (unpaired) electrons. The van der Waals surface area contributed by atoms with Crippen LogP contribution in [-0.4, -0.2) is 36.8 Å². The number of amides is 2. The summed E-state index contributed by atoms with van der Waals surface area (Å²) in [5.74, 6) is -0.658. The van der Waals surface area contributed by atoms with Crippen LogP contribution >= 0.6 is 22.9 Å². The highest BCUT2D eigenvalue weighted by atomic mass is 35.5. The van der Waals surface area contributed by atoms with Crippen LogP contribution in [0, 0.1) is 5.82 Å². The van der Waals surface area contributed by atoms with Crippen molar-refractivity contribution in [1.82, 2.24) is 9.88 Å². The Morgan fingerprint density at radius 1 is 1.16 bits per heavy atom. The quantitative estimate of drug-likeness (QED) is 0.589. The monoisotopic (exact) mass is 479 g/mol. The van der Waals surface area contributed by atoms with Gasteiger partial charge >= 0.3 is 6.09 Å². The number of cyclic esters (lactones) is 1.